The van der Waals surface area contributed by atoms with E-state index in [1.54, 1.807) is 21.6 Å². The molecule has 0 amide bonds. The summed E-state index contributed by atoms with van der Waals surface area (Å²) in [6.45, 7) is 11.0. The average molecular weight is 271 g/mol. The van der Waals surface area contributed by atoms with E-state index in [0.717, 1.165) is 18.1 Å². The monoisotopic (exact) mass is 271 g/mol. The molecule has 16 heavy (non-hydrogen) atoms. The van der Waals surface area contributed by atoms with Gasteiger partial charge in [-0.05, 0) is 7.05 Å². The topological polar surface area (TPSA) is 38.3 Å². The van der Waals surface area contributed by atoms with Crippen LogP contribution in [0.4, 0.5) is 0 Å². The highest BCUT2D eigenvalue weighted by molar-refractivity contribution is 8.76. The molecule has 0 unspecified atom stereocenters. The third-order valence-corrected chi connectivity index (χ3v) is 3.36. The predicted molar refractivity (Wildman–Crippen MR) is 80.3 cm³/mol. The number of esters is 1. The maximum absolute atomic E-state index is 10.3. The predicted octanol–water partition coefficient (Wildman–Crippen LogP) is 3.45. The van der Waals surface area contributed by atoms with Crippen LogP contribution < -0.4 is 5.32 Å². The first-order chi connectivity index (χ1) is 7.77. The van der Waals surface area contributed by atoms with Gasteiger partial charge in [0.1, 0.15) is 6.61 Å². The summed E-state index contributed by atoms with van der Waals surface area (Å²) in [5.74, 6) is 1.76. The van der Waals surface area contributed by atoms with E-state index in [1.807, 2.05) is 34.7 Å². The number of carbonyl (C=O) groups excluding carboxylic acids is 1. The first-order valence-corrected chi connectivity index (χ1v) is 8.28. The standard InChI is InChI=1S/C7H15NO2S2.2C2H6.H2/c1-7(9)10-4-6-12-11-5-3-8-2;2*1-2;/h8H,3-6H2,1-2H3;2*1-2H3;1H. The molecule has 0 atom stereocenters. The van der Waals surface area contributed by atoms with E-state index in [9.17, 15) is 4.79 Å². The zero-order chi connectivity index (χ0) is 13.2. The summed E-state index contributed by atoms with van der Waals surface area (Å²) < 4.78 is 4.76. The number of rotatable bonds is 7. The van der Waals surface area contributed by atoms with Crippen LogP contribution in [0.2, 0.25) is 0 Å². The van der Waals surface area contributed by atoms with Gasteiger partial charge in [0.2, 0.25) is 0 Å². The number of carbonyl (C=O) groups is 1. The van der Waals surface area contributed by atoms with Gasteiger partial charge >= 0.3 is 5.97 Å². The second kappa shape index (κ2) is 24.4. The van der Waals surface area contributed by atoms with E-state index >= 15 is 0 Å². The number of hydrogen-bond donors (Lipinski definition) is 1. The molecule has 0 aromatic heterocycles. The number of nitrogens with one attached hydrogen (secondary N) is 1. The van der Waals surface area contributed by atoms with Gasteiger partial charge in [0, 0.05) is 26.4 Å². The Kier molecular flexibility index (Phi) is 32.6. The van der Waals surface area contributed by atoms with Crippen LogP contribution in [0.5, 0.6) is 0 Å². The van der Waals surface area contributed by atoms with Crippen LogP contribution in [0.1, 0.15) is 36.0 Å². The van der Waals surface area contributed by atoms with Crippen molar-refractivity contribution in [3.8, 4) is 0 Å². The van der Waals surface area contributed by atoms with Crippen molar-refractivity contribution in [3.05, 3.63) is 0 Å². The Morgan fingerprint density at radius 1 is 1.19 bits per heavy atom. The van der Waals surface area contributed by atoms with Crippen LogP contribution >= 0.6 is 21.6 Å². The smallest absolute Gasteiger partial charge is 0.302 e. The van der Waals surface area contributed by atoms with Crippen molar-refractivity contribution >= 4 is 27.6 Å². The van der Waals surface area contributed by atoms with Crippen molar-refractivity contribution in [1.29, 1.82) is 0 Å². The van der Waals surface area contributed by atoms with Crippen molar-refractivity contribution in [2.45, 2.75) is 34.6 Å². The largest absolute Gasteiger partial charge is 0.465 e. The van der Waals surface area contributed by atoms with Gasteiger partial charge < -0.3 is 10.1 Å². The summed E-state index contributed by atoms with van der Waals surface area (Å²) in [6, 6.07) is 0. The molecule has 0 spiro atoms. The SMILES string of the molecule is CC.CC.CNCCSSCCOC(C)=O.[HH]. The molecular formula is C11H29NO2S2. The third-order valence-electron chi connectivity index (χ3n) is 0.991. The maximum Gasteiger partial charge on any atom is 0.302 e. The van der Waals surface area contributed by atoms with Gasteiger partial charge in [-0.15, -0.1) is 0 Å². The highest BCUT2D eigenvalue weighted by atomic mass is 33.1. The zero-order valence-electron chi connectivity index (χ0n) is 11.5. The van der Waals surface area contributed by atoms with E-state index in [0.29, 0.717) is 6.61 Å². The third kappa shape index (κ3) is 29.2. The Labute approximate surface area is 110 Å². The normalized spacial score (nSPS) is 8.12. The molecule has 0 bridgehead atoms. The lowest BCUT2D eigenvalue weighted by atomic mass is 10.8. The van der Waals surface area contributed by atoms with E-state index < -0.39 is 0 Å². The molecule has 0 aliphatic heterocycles. The molecular weight excluding hydrogens is 242 g/mol. The molecule has 0 saturated carbocycles. The van der Waals surface area contributed by atoms with Gasteiger partial charge in [-0.25, -0.2) is 0 Å². The lowest BCUT2D eigenvalue weighted by Crippen LogP contribution is -2.09. The number of ether oxygens (including phenoxy) is 1. The van der Waals surface area contributed by atoms with Crippen LogP contribution in [-0.4, -0.2) is 37.7 Å². The van der Waals surface area contributed by atoms with Crippen LogP contribution in [0.15, 0.2) is 0 Å². The second-order valence-electron chi connectivity index (χ2n) is 2.09. The molecule has 0 fully saturated rings. The molecule has 1 N–H and O–H groups in total. The van der Waals surface area contributed by atoms with Crippen LogP contribution in [0.3, 0.4) is 0 Å². The van der Waals surface area contributed by atoms with Gasteiger partial charge in [-0.1, -0.05) is 49.3 Å². The Morgan fingerprint density at radius 2 is 1.69 bits per heavy atom. The van der Waals surface area contributed by atoms with E-state index in [1.165, 1.54) is 6.92 Å². The minimum atomic E-state index is -0.198. The highest BCUT2D eigenvalue weighted by Gasteiger charge is 1.93. The summed E-state index contributed by atoms with van der Waals surface area (Å²) in [6.07, 6.45) is 0. The second-order valence-corrected chi connectivity index (χ2v) is 4.79. The average Bonchev–Trinajstić information content (AvgIpc) is 2.33. The maximum atomic E-state index is 10.3. The van der Waals surface area contributed by atoms with Gasteiger partial charge in [0.25, 0.3) is 0 Å². The molecule has 102 valence electrons. The van der Waals surface area contributed by atoms with Crippen molar-refractivity contribution in [2.24, 2.45) is 0 Å². The minimum Gasteiger partial charge on any atom is -0.465 e. The van der Waals surface area contributed by atoms with E-state index in [-0.39, 0.29) is 7.40 Å². The summed E-state index contributed by atoms with van der Waals surface area (Å²) in [4.78, 5) is 10.3. The Balaban J connectivity index is -0.000000152. The Hall–Kier alpha value is 0.130. The van der Waals surface area contributed by atoms with Gasteiger partial charge in [-0.3, -0.25) is 4.79 Å². The summed E-state index contributed by atoms with van der Waals surface area (Å²) in [7, 11) is 5.46. The lowest BCUT2D eigenvalue weighted by Gasteiger charge is -2.01. The number of hydrogen-bond acceptors (Lipinski definition) is 5. The summed E-state index contributed by atoms with van der Waals surface area (Å²) >= 11 is 0. The van der Waals surface area contributed by atoms with Gasteiger partial charge in [0.05, 0.1) is 0 Å². The van der Waals surface area contributed by atoms with E-state index in [2.05, 4.69) is 5.32 Å². The zero-order valence-corrected chi connectivity index (χ0v) is 13.1. The van der Waals surface area contributed by atoms with Gasteiger partial charge in [0.15, 0.2) is 0 Å². The molecule has 0 radical (unpaired) electrons. The Morgan fingerprint density at radius 3 is 2.12 bits per heavy atom. The molecule has 0 rings (SSSR count). The minimum absolute atomic E-state index is 0. The van der Waals surface area contributed by atoms with Crippen molar-refractivity contribution < 1.29 is 11.0 Å². The fourth-order valence-corrected chi connectivity index (χ4v) is 2.32. The first-order valence-electron chi connectivity index (χ1n) is 5.79. The Bertz CT molecular complexity index is 130. The lowest BCUT2D eigenvalue weighted by molar-refractivity contribution is -0.140. The van der Waals surface area contributed by atoms with Crippen LogP contribution in [-0.2, 0) is 9.53 Å². The van der Waals surface area contributed by atoms with Crippen molar-refractivity contribution in [2.75, 3.05) is 31.7 Å². The van der Waals surface area contributed by atoms with Crippen LogP contribution in [0.25, 0.3) is 0 Å². The molecule has 0 saturated heterocycles. The molecule has 0 aliphatic rings. The summed E-state index contributed by atoms with van der Waals surface area (Å²) in [5.41, 5.74) is 0. The van der Waals surface area contributed by atoms with Crippen molar-refractivity contribution in [3.63, 3.8) is 0 Å². The highest BCUT2D eigenvalue weighted by Crippen LogP contribution is 2.19. The summed E-state index contributed by atoms with van der Waals surface area (Å²) in [5, 5.41) is 3.06. The fourth-order valence-electron chi connectivity index (χ4n) is 0.481. The fraction of sp³-hybridized carbons (Fsp3) is 0.909. The first kappa shape index (κ1) is 21.4. The van der Waals surface area contributed by atoms with Crippen LogP contribution in [0, 0.1) is 0 Å². The molecule has 5 heteroatoms. The van der Waals surface area contributed by atoms with Gasteiger partial charge in [-0.2, -0.15) is 0 Å². The molecule has 0 heterocycles. The quantitative estimate of drug-likeness (QED) is 0.436. The molecule has 3 nitrogen and oxygen atoms in total. The molecule has 0 aromatic rings. The molecule has 0 aliphatic carbocycles. The molecule has 0 aromatic carbocycles. The van der Waals surface area contributed by atoms with E-state index in [4.69, 9.17) is 4.74 Å². The van der Waals surface area contributed by atoms with Crippen molar-refractivity contribution in [1.82, 2.24) is 5.32 Å².